The van der Waals surface area contributed by atoms with Gasteiger partial charge in [0.2, 0.25) is 5.89 Å². The molecule has 0 bridgehead atoms. The van der Waals surface area contributed by atoms with Crippen molar-refractivity contribution in [3.8, 4) is 0 Å². The van der Waals surface area contributed by atoms with Crippen LogP contribution in [0.1, 0.15) is 11.7 Å². The van der Waals surface area contributed by atoms with Crippen LogP contribution in [0.4, 0.5) is 17.6 Å². The maximum atomic E-state index is 12.5. The molecule has 9 heteroatoms. The lowest BCUT2D eigenvalue weighted by atomic mass is 10.3. The van der Waals surface area contributed by atoms with E-state index in [1.807, 2.05) is 0 Å². The number of aromatic nitrogens is 2. The van der Waals surface area contributed by atoms with Gasteiger partial charge in [-0.1, -0.05) is 5.16 Å². The van der Waals surface area contributed by atoms with E-state index in [4.69, 9.17) is 0 Å². The molecule has 0 aliphatic carbocycles. The van der Waals surface area contributed by atoms with Crippen LogP contribution in [-0.4, -0.2) is 34.9 Å². The van der Waals surface area contributed by atoms with E-state index in [1.165, 1.54) is 6.92 Å². The van der Waals surface area contributed by atoms with E-state index in [9.17, 15) is 22.4 Å². The van der Waals surface area contributed by atoms with Crippen molar-refractivity contribution in [2.75, 3.05) is 6.54 Å². The summed E-state index contributed by atoms with van der Waals surface area (Å²) in [5, 5.41) is 5.11. The molecule has 1 heterocycles. The van der Waals surface area contributed by atoms with Gasteiger partial charge < -0.3 is 9.84 Å². The van der Waals surface area contributed by atoms with Gasteiger partial charge in [-0.3, -0.25) is 4.79 Å². The standard InChI is InChI=1S/C8H9F4N3O2/c1-4-14-5(15-17-4)2-3-13-7(16)8(11,12)6(9)10/h6H,2-3H2,1H3,(H,13,16). The van der Waals surface area contributed by atoms with Gasteiger partial charge in [-0.2, -0.15) is 13.8 Å². The molecule has 0 radical (unpaired) electrons. The highest BCUT2D eigenvalue weighted by Gasteiger charge is 2.48. The Morgan fingerprint density at radius 3 is 2.65 bits per heavy atom. The van der Waals surface area contributed by atoms with Gasteiger partial charge in [-0.05, 0) is 0 Å². The van der Waals surface area contributed by atoms with Crippen LogP contribution in [0.15, 0.2) is 4.52 Å². The number of rotatable bonds is 5. The average molecular weight is 255 g/mol. The molecule has 0 spiro atoms. The van der Waals surface area contributed by atoms with Crippen LogP contribution in [0.5, 0.6) is 0 Å². The fourth-order valence-electron chi connectivity index (χ4n) is 0.948. The third kappa shape index (κ3) is 3.40. The minimum atomic E-state index is -4.69. The fraction of sp³-hybridized carbons (Fsp3) is 0.625. The van der Waals surface area contributed by atoms with Crippen molar-refractivity contribution in [2.45, 2.75) is 25.7 Å². The number of carbonyl (C=O) groups is 1. The zero-order valence-corrected chi connectivity index (χ0v) is 8.71. The Morgan fingerprint density at radius 1 is 1.53 bits per heavy atom. The predicted octanol–water partition coefficient (Wildman–Crippen LogP) is 0.937. The summed E-state index contributed by atoms with van der Waals surface area (Å²) in [4.78, 5) is 14.4. The monoisotopic (exact) mass is 255 g/mol. The molecule has 0 aliphatic heterocycles. The van der Waals surface area contributed by atoms with Crippen LogP contribution in [-0.2, 0) is 11.2 Å². The van der Waals surface area contributed by atoms with Crippen molar-refractivity contribution in [1.82, 2.24) is 15.5 Å². The minimum absolute atomic E-state index is 0.0163. The van der Waals surface area contributed by atoms with Gasteiger partial charge in [0.1, 0.15) is 0 Å². The predicted molar refractivity (Wildman–Crippen MR) is 46.7 cm³/mol. The second kappa shape index (κ2) is 5.11. The molecule has 1 aromatic rings. The molecule has 0 saturated heterocycles. The van der Waals surface area contributed by atoms with Crippen LogP contribution in [0.3, 0.4) is 0 Å². The van der Waals surface area contributed by atoms with Crippen LogP contribution >= 0.6 is 0 Å². The third-order valence-electron chi connectivity index (χ3n) is 1.78. The van der Waals surface area contributed by atoms with E-state index in [-0.39, 0.29) is 24.7 Å². The molecule has 0 aromatic carbocycles. The number of nitrogens with zero attached hydrogens (tertiary/aromatic N) is 2. The van der Waals surface area contributed by atoms with Gasteiger partial charge >= 0.3 is 12.3 Å². The van der Waals surface area contributed by atoms with Crippen molar-refractivity contribution in [3.63, 3.8) is 0 Å². The van der Waals surface area contributed by atoms with Crippen molar-refractivity contribution < 1.29 is 26.9 Å². The summed E-state index contributed by atoms with van der Waals surface area (Å²) in [7, 11) is 0. The van der Waals surface area contributed by atoms with Crippen molar-refractivity contribution in [3.05, 3.63) is 11.7 Å². The summed E-state index contributed by atoms with van der Waals surface area (Å²) in [5.74, 6) is -6.23. The molecule has 0 fully saturated rings. The number of halogens is 4. The Morgan fingerprint density at radius 2 is 2.18 bits per heavy atom. The topological polar surface area (TPSA) is 68.0 Å². The second-order valence-corrected chi connectivity index (χ2v) is 3.16. The van der Waals surface area contributed by atoms with Crippen molar-refractivity contribution >= 4 is 5.91 Å². The Hall–Kier alpha value is -1.67. The highest BCUT2D eigenvalue weighted by molar-refractivity contribution is 5.83. The number of aryl methyl sites for hydroxylation is 1. The van der Waals surface area contributed by atoms with Gasteiger partial charge in [0, 0.05) is 19.9 Å². The number of carbonyl (C=O) groups excluding carboxylic acids is 1. The molecule has 0 saturated carbocycles. The molecule has 5 nitrogen and oxygen atoms in total. The molecule has 0 atom stereocenters. The van der Waals surface area contributed by atoms with Gasteiger partial charge in [0.15, 0.2) is 5.82 Å². The Bertz CT molecular complexity index is 394. The average Bonchev–Trinajstić information content (AvgIpc) is 2.63. The molecule has 1 N–H and O–H groups in total. The minimum Gasteiger partial charge on any atom is -0.350 e. The summed E-state index contributed by atoms with van der Waals surface area (Å²) in [6.07, 6.45) is -4.02. The van der Waals surface area contributed by atoms with E-state index in [2.05, 4.69) is 14.7 Å². The number of hydrogen-bond donors (Lipinski definition) is 1. The van der Waals surface area contributed by atoms with Crippen LogP contribution < -0.4 is 5.32 Å². The number of amides is 1. The molecule has 96 valence electrons. The third-order valence-corrected chi connectivity index (χ3v) is 1.78. The number of nitrogens with one attached hydrogen (secondary N) is 1. The smallest absolute Gasteiger partial charge is 0.350 e. The Balaban J connectivity index is 2.39. The quantitative estimate of drug-likeness (QED) is 0.795. The maximum absolute atomic E-state index is 12.5. The molecule has 1 amide bonds. The Labute approximate surface area is 93.2 Å². The van der Waals surface area contributed by atoms with Gasteiger partial charge in [-0.15, -0.1) is 0 Å². The number of alkyl halides is 4. The maximum Gasteiger partial charge on any atom is 0.383 e. The second-order valence-electron chi connectivity index (χ2n) is 3.16. The molecular formula is C8H9F4N3O2. The summed E-state index contributed by atoms with van der Waals surface area (Å²) >= 11 is 0. The number of hydrogen-bond acceptors (Lipinski definition) is 4. The van der Waals surface area contributed by atoms with E-state index >= 15 is 0 Å². The molecule has 0 aliphatic rings. The van der Waals surface area contributed by atoms with Gasteiger partial charge in [0.25, 0.3) is 5.91 Å². The normalized spacial score (nSPS) is 11.9. The first kappa shape index (κ1) is 13.4. The van der Waals surface area contributed by atoms with E-state index in [0.717, 1.165) is 0 Å². The summed E-state index contributed by atoms with van der Waals surface area (Å²) < 4.78 is 53.0. The Kier molecular flexibility index (Phi) is 4.02. The van der Waals surface area contributed by atoms with Crippen molar-refractivity contribution in [1.29, 1.82) is 0 Å². The van der Waals surface area contributed by atoms with Gasteiger partial charge in [-0.25, -0.2) is 8.78 Å². The molecule has 17 heavy (non-hydrogen) atoms. The van der Waals surface area contributed by atoms with Crippen molar-refractivity contribution in [2.24, 2.45) is 0 Å². The van der Waals surface area contributed by atoms with Crippen LogP contribution in [0, 0.1) is 6.92 Å². The van der Waals surface area contributed by atoms with Crippen LogP contribution in [0.2, 0.25) is 0 Å². The van der Waals surface area contributed by atoms with Crippen LogP contribution in [0.25, 0.3) is 0 Å². The zero-order valence-electron chi connectivity index (χ0n) is 8.71. The lowest BCUT2D eigenvalue weighted by Gasteiger charge is -2.14. The first-order valence-electron chi connectivity index (χ1n) is 4.57. The first-order valence-corrected chi connectivity index (χ1v) is 4.57. The summed E-state index contributed by atoms with van der Waals surface area (Å²) in [6.45, 7) is 1.25. The SMILES string of the molecule is Cc1nc(CCNC(=O)C(F)(F)C(F)F)no1. The first-order chi connectivity index (χ1) is 7.84. The molecular weight excluding hydrogens is 246 g/mol. The molecule has 1 rings (SSSR count). The van der Waals surface area contributed by atoms with Gasteiger partial charge in [0.05, 0.1) is 0 Å². The van der Waals surface area contributed by atoms with E-state index < -0.39 is 18.3 Å². The molecule has 1 aromatic heterocycles. The highest BCUT2D eigenvalue weighted by atomic mass is 19.3. The highest BCUT2D eigenvalue weighted by Crippen LogP contribution is 2.22. The molecule has 0 unspecified atom stereocenters. The zero-order chi connectivity index (χ0) is 13.1. The largest absolute Gasteiger partial charge is 0.383 e. The fourth-order valence-corrected chi connectivity index (χ4v) is 0.948. The summed E-state index contributed by atoms with van der Waals surface area (Å²) in [6, 6.07) is 0. The summed E-state index contributed by atoms with van der Waals surface area (Å²) in [5.41, 5.74) is 0. The van der Waals surface area contributed by atoms with E-state index in [1.54, 1.807) is 5.32 Å². The lowest BCUT2D eigenvalue weighted by Crippen LogP contribution is -2.45. The lowest BCUT2D eigenvalue weighted by molar-refractivity contribution is -0.169. The van der Waals surface area contributed by atoms with E-state index in [0.29, 0.717) is 0 Å².